The van der Waals surface area contributed by atoms with E-state index in [1.807, 2.05) is 6.92 Å². The van der Waals surface area contributed by atoms with Crippen LogP contribution in [0, 0.1) is 13.8 Å². The lowest BCUT2D eigenvalue weighted by atomic mass is 10.3. The van der Waals surface area contributed by atoms with Crippen LogP contribution in [0.2, 0.25) is 0 Å². The molecule has 1 aromatic rings. The SMILES string of the molecule is Cc1nc(C)c(C(=O)N2CC(=O)NC(=O)C2)s1. The number of aryl methyl sites for hydroxylation is 2. The number of thiazole rings is 1. The van der Waals surface area contributed by atoms with Crippen molar-refractivity contribution in [1.82, 2.24) is 15.2 Å². The van der Waals surface area contributed by atoms with Gasteiger partial charge in [0.15, 0.2) is 0 Å². The molecule has 0 unspecified atom stereocenters. The third-order valence-corrected chi connectivity index (χ3v) is 3.39. The van der Waals surface area contributed by atoms with Crippen LogP contribution in [0.1, 0.15) is 20.4 Å². The first-order valence-corrected chi connectivity index (χ1v) is 5.85. The normalized spacial score (nSPS) is 16.0. The van der Waals surface area contributed by atoms with Gasteiger partial charge >= 0.3 is 0 Å². The summed E-state index contributed by atoms with van der Waals surface area (Å²) in [5, 5.41) is 2.94. The summed E-state index contributed by atoms with van der Waals surface area (Å²) in [6, 6.07) is 0. The third kappa shape index (κ3) is 2.33. The Morgan fingerprint density at radius 1 is 1.29 bits per heavy atom. The van der Waals surface area contributed by atoms with E-state index in [0.29, 0.717) is 10.6 Å². The van der Waals surface area contributed by atoms with E-state index in [-0.39, 0.29) is 19.0 Å². The summed E-state index contributed by atoms with van der Waals surface area (Å²) in [6.07, 6.45) is 0. The smallest absolute Gasteiger partial charge is 0.266 e. The van der Waals surface area contributed by atoms with Gasteiger partial charge in [-0.1, -0.05) is 0 Å². The number of hydrogen-bond donors (Lipinski definition) is 1. The van der Waals surface area contributed by atoms with E-state index in [9.17, 15) is 14.4 Å². The number of amides is 3. The Balaban J connectivity index is 2.23. The zero-order valence-corrected chi connectivity index (χ0v) is 10.3. The van der Waals surface area contributed by atoms with Gasteiger partial charge < -0.3 is 4.90 Å². The van der Waals surface area contributed by atoms with Crippen molar-refractivity contribution in [2.75, 3.05) is 13.1 Å². The maximum absolute atomic E-state index is 12.1. The van der Waals surface area contributed by atoms with Gasteiger partial charge in [0.05, 0.1) is 10.7 Å². The first kappa shape index (κ1) is 11.7. The van der Waals surface area contributed by atoms with Crippen LogP contribution < -0.4 is 5.32 Å². The number of nitrogens with one attached hydrogen (secondary N) is 1. The highest BCUT2D eigenvalue weighted by atomic mass is 32.1. The van der Waals surface area contributed by atoms with E-state index in [1.165, 1.54) is 16.2 Å². The van der Waals surface area contributed by atoms with E-state index in [1.54, 1.807) is 6.92 Å². The Hall–Kier alpha value is -1.76. The quantitative estimate of drug-likeness (QED) is 0.706. The molecule has 1 aliphatic heterocycles. The topological polar surface area (TPSA) is 79.4 Å². The number of rotatable bonds is 1. The van der Waals surface area contributed by atoms with Gasteiger partial charge in [0.2, 0.25) is 11.8 Å². The second kappa shape index (κ2) is 4.25. The monoisotopic (exact) mass is 253 g/mol. The average Bonchev–Trinajstić information content (AvgIpc) is 2.55. The zero-order valence-electron chi connectivity index (χ0n) is 9.44. The van der Waals surface area contributed by atoms with Crippen LogP contribution in [0.25, 0.3) is 0 Å². The van der Waals surface area contributed by atoms with E-state index in [0.717, 1.165) is 5.01 Å². The lowest BCUT2D eigenvalue weighted by molar-refractivity contribution is -0.135. The maximum atomic E-state index is 12.1. The summed E-state index contributed by atoms with van der Waals surface area (Å²) >= 11 is 1.27. The predicted molar refractivity (Wildman–Crippen MR) is 60.6 cm³/mol. The Labute approximate surface area is 102 Å². The van der Waals surface area contributed by atoms with Gasteiger partial charge in [0, 0.05) is 0 Å². The number of hydrogen-bond acceptors (Lipinski definition) is 5. The van der Waals surface area contributed by atoms with Crippen molar-refractivity contribution in [1.29, 1.82) is 0 Å². The van der Waals surface area contributed by atoms with Gasteiger partial charge in [-0.3, -0.25) is 19.7 Å². The number of carbonyl (C=O) groups excluding carboxylic acids is 3. The molecule has 2 rings (SSSR count). The van der Waals surface area contributed by atoms with E-state index >= 15 is 0 Å². The number of piperazine rings is 1. The molecule has 1 fully saturated rings. The number of aromatic nitrogens is 1. The molecule has 7 heteroatoms. The van der Waals surface area contributed by atoms with Gasteiger partial charge in [0.1, 0.15) is 18.0 Å². The van der Waals surface area contributed by atoms with Gasteiger partial charge in [-0.25, -0.2) is 4.98 Å². The molecule has 0 spiro atoms. The van der Waals surface area contributed by atoms with Crippen LogP contribution in [0.5, 0.6) is 0 Å². The van der Waals surface area contributed by atoms with E-state index in [2.05, 4.69) is 10.3 Å². The lowest BCUT2D eigenvalue weighted by Gasteiger charge is -2.24. The lowest BCUT2D eigenvalue weighted by Crippen LogP contribution is -2.53. The van der Waals surface area contributed by atoms with Crippen LogP contribution in [0.4, 0.5) is 0 Å². The van der Waals surface area contributed by atoms with Crippen LogP contribution in [0.15, 0.2) is 0 Å². The van der Waals surface area contributed by atoms with Crippen LogP contribution in [-0.2, 0) is 9.59 Å². The van der Waals surface area contributed by atoms with Crippen molar-refractivity contribution in [3.63, 3.8) is 0 Å². The third-order valence-electron chi connectivity index (χ3n) is 2.33. The standard InChI is InChI=1S/C10H11N3O3S/c1-5-9(17-6(2)11-5)10(16)13-3-7(14)12-8(15)4-13/h3-4H2,1-2H3,(H,12,14,15). The predicted octanol–water partition coefficient (Wildman–Crippen LogP) is -0.141. The van der Waals surface area contributed by atoms with Crippen molar-refractivity contribution in [3.05, 3.63) is 15.6 Å². The number of imide groups is 1. The van der Waals surface area contributed by atoms with Gasteiger partial charge in [0.25, 0.3) is 5.91 Å². The Morgan fingerprint density at radius 2 is 1.88 bits per heavy atom. The summed E-state index contributed by atoms with van der Waals surface area (Å²) in [5.74, 6) is -1.21. The molecule has 1 aliphatic rings. The van der Waals surface area contributed by atoms with Crippen molar-refractivity contribution in [3.8, 4) is 0 Å². The molecule has 1 aromatic heterocycles. The van der Waals surface area contributed by atoms with E-state index < -0.39 is 11.8 Å². The van der Waals surface area contributed by atoms with Crippen molar-refractivity contribution in [2.24, 2.45) is 0 Å². The second-order valence-electron chi connectivity index (χ2n) is 3.78. The molecule has 6 nitrogen and oxygen atoms in total. The molecule has 17 heavy (non-hydrogen) atoms. The molecule has 0 aromatic carbocycles. The molecule has 2 heterocycles. The van der Waals surface area contributed by atoms with Crippen molar-refractivity contribution < 1.29 is 14.4 Å². The summed E-state index contributed by atoms with van der Waals surface area (Å²) in [6.45, 7) is 3.38. The molecular weight excluding hydrogens is 242 g/mol. The molecule has 1 N–H and O–H groups in total. The molecule has 0 saturated carbocycles. The highest BCUT2D eigenvalue weighted by molar-refractivity contribution is 7.13. The summed E-state index contributed by atoms with van der Waals surface area (Å²) < 4.78 is 0. The minimum Gasteiger partial charge on any atom is -0.319 e. The van der Waals surface area contributed by atoms with Gasteiger partial charge in [-0.05, 0) is 13.8 Å². The fourth-order valence-corrected chi connectivity index (χ4v) is 2.54. The molecule has 1 saturated heterocycles. The largest absolute Gasteiger partial charge is 0.319 e. The summed E-state index contributed by atoms with van der Waals surface area (Å²) in [4.78, 5) is 40.3. The van der Waals surface area contributed by atoms with Gasteiger partial charge in [-0.15, -0.1) is 11.3 Å². The second-order valence-corrected chi connectivity index (χ2v) is 4.98. The van der Waals surface area contributed by atoms with E-state index in [4.69, 9.17) is 0 Å². The Kier molecular flexibility index (Phi) is 2.93. The summed E-state index contributed by atoms with van der Waals surface area (Å²) in [5.41, 5.74) is 0.635. The molecule has 3 amide bonds. The fourth-order valence-electron chi connectivity index (χ4n) is 1.65. The van der Waals surface area contributed by atoms with Crippen LogP contribution >= 0.6 is 11.3 Å². The Morgan fingerprint density at radius 3 is 2.35 bits per heavy atom. The average molecular weight is 253 g/mol. The fraction of sp³-hybridized carbons (Fsp3) is 0.400. The first-order valence-electron chi connectivity index (χ1n) is 5.03. The minimum absolute atomic E-state index is 0.0824. The zero-order chi connectivity index (χ0) is 12.6. The highest BCUT2D eigenvalue weighted by Crippen LogP contribution is 2.19. The maximum Gasteiger partial charge on any atom is 0.266 e. The first-order chi connectivity index (χ1) is 7.97. The van der Waals surface area contributed by atoms with Crippen LogP contribution in [0.3, 0.4) is 0 Å². The molecular formula is C10H11N3O3S. The molecule has 0 aliphatic carbocycles. The molecule has 0 radical (unpaired) electrons. The minimum atomic E-state index is -0.450. The van der Waals surface area contributed by atoms with Gasteiger partial charge in [-0.2, -0.15) is 0 Å². The molecule has 90 valence electrons. The number of nitrogens with zero attached hydrogens (tertiary/aromatic N) is 2. The molecule has 0 bridgehead atoms. The number of carbonyl (C=O) groups is 3. The van der Waals surface area contributed by atoms with Crippen molar-refractivity contribution >= 4 is 29.1 Å². The van der Waals surface area contributed by atoms with Crippen LogP contribution in [-0.4, -0.2) is 40.7 Å². The highest BCUT2D eigenvalue weighted by Gasteiger charge is 2.29. The molecule has 0 atom stereocenters. The summed E-state index contributed by atoms with van der Waals surface area (Å²) in [7, 11) is 0. The Bertz CT molecular complexity index is 493. The van der Waals surface area contributed by atoms with Crippen molar-refractivity contribution in [2.45, 2.75) is 13.8 Å².